The van der Waals surface area contributed by atoms with Gasteiger partial charge in [0.2, 0.25) is 0 Å². The standard InChI is InChI=1S/C30H34N6O2/c1-3-8-23(9-4-5-14-31)24-12-17-36(18-13-24)30(38)26-19-27(22(2)32-21-26)34-29(37)25-10-11-28(33-20-25)35-15-6-7-16-35/h3-4,8-11,19-21,24H,1,5-7,12-13,15-18H2,2H3,(H,34,37)/b9-4-,23-8+. The lowest BCUT2D eigenvalue weighted by atomic mass is 9.88. The number of nitrogens with zero attached hydrogens (tertiary/aromatic N) is 5. The lowest BCUT2D eigenvalue weighted by Gasteiger charge is -2.32. The number of likely N-dealkylation sites (tertiary alicyclic amines) is 1. The first-order valence-electron chi connectivity index (χ1n) is 13.1. The summed E-state index contributed by atoms with van der Waals surface area (Å²) in [6.07, 6.45) is 15.1. The van der Waals surface area contributed by atoms with Gasteiger partial charge in [-0.15, -0.1) is 0 Å². The topological polar surface area (TPSA) is 102 Å². The van der Waals surface area contributed by atoms with E-state index in [4.69, 9.17) is 5.26 Å². The minimum atomic E-state index is -0.285. The summed E-state index contributed by atoms with van der Waals surface area (Å²) in [7, 11) is 0. The van der Waals surface area contributed by atoms with Crippen molar-refractivity contribution in [2.24, 2.45) is 5.92 Å². The summed E-state index contributed by atoms with van der Waals surface area (Å²) in [5, 5.41) is 11.7. The number of nitriles is 1. The molecule has 8 heteroatoms. The number of hydrogen-bond donors (Lipinski definition) is 1. The number of hydrogen-bond acceptors (Lipinski definition) is 6. The van der Waals surface area contributed by atoms with Crippen LogP contribution < -0.4 is 10.2 Å². The Bertz CT molecular complexity index is 1260. The van der Waals surface area contributed by atoms with E-state index in [0.29, 0.717) is 47.9 Å². The molecule has 2 amide bonds. The van der Waals surface area contributed by atoms with E-state index in [2.05, 4.69) is 32.8 Å². The highest BCUT2D eigenvalue weighted by Crippen LogP contribution is 2.27. The van der Waals surface area contributed by atoms with Gasteiger partial charge in [-0.3, -0.25) is 14.6 Å². The summed E-state index contributed by atoms with van der Waals surface area (Å²) in [5.41, 5.74) is 3.19. The number of aromatic nitrogens is 2. The van der Waals surface area contributed by atoms with E-state index in [-0.39, 0.29) is 11.8 Å². The van der Waals surface area contributed by atoms with Gasteiger partial charge in [-0.1, -0.05) is 30.9 Å². The summed E-state index contributed by atoms with van der Waals surface area (Å²) in [6.45, 7) is 8.83. The third kappa shape index (κ3) is 6.54. The second kappa shape index (κ2) is 12.8. The van der Waals surface area contributed by atoms with E-state index >= 15 is 0 Å². The monoisotopic (exact) mass is 510 g/mol. The van der Waals surface area contributed by atoms with Crippen LogP contribution in [0.2, 0.25) is 0 Å². The van der Waals surface area contributed by atoms with Crippen LogP contribution >= 0.6 is 0 Å². The molecule has 2 aromatic heterocycles. The van der Waals surface area contributed by atoms with Crippen molar-refractivity contribution in [3.05, 3.63) is 83.9 Å². The number of piperidine rings is 1. The van der Waals surface area contributed by atoms with E-state index in [9.17, 15) is 9.59 Å². The van der Waals surface area contributed by atoms with Gasteiger partial charge in [-0.2, -0.15) is 5.26 Å². The van der Waals surface area contributed by atoms with Crippen molar-refractivity contribution in [2.45, 2.75) is 39.0 Å². The Labute approximate surface area is 224 Å². The smallest absolute Gasteiger partial charge is 0.257 e. The molecule has 0 unspecified atom stereocenters. The number of aryl methyl sites for hydroxylation is 1. The second-order valence-corrected chi connectivity index (χ2v) is 9.64. The molecule has 4 heterocycles. The molecule has 2 aliphatic heterocycles. The Kier molecular flexibility index (Phi) is 9.04. The first-order chi connectivity index (χ1) is 18.5. The van der Waals surface area contributed by atoms with Gasteiger partial charge in [0, 0.05) is 38.6 Å². The molecule has 2 aliphatic rings. The zero-order valence-electron chi connectivity index (χ0n) is 21.9. The maximum atomic E-state index is 13.3. The lowest BCUT2D eigenvalue weighted by molar-refractivity contribution is 0.0702. The number of carbonyl (C=O) groups excluding carboxylic acids is 2. The highest BCUT2D eigenvalue weighted by molar-refractivity contribution is 6.05. The fourth-order valence-electron chi connectivity index (χ4n) is 4.93. The van der Waals surface area contributed by atoms with E-state index in [0.717, 1.165) is 50.2 Å². The minimum absolute atomic E-state index is 0.0997. The van der Waals surface area contributed by atoms with E-state index in [1.165, 1.54) is 0 Å². The largest absolute Gasteiger partial charge is 0.357 e. The van der Waals surface area contributed by atoms with Crippen molar-refractivity contribution >= 4 is 23.3 Å². The van der Waals surface area contributed by atoms with Crippen LogP contribution in [0.4, 0.5) is 11.5 Å². The molecule has 8 nitrogen and oxygen atoms in total. The maximum absolute atomic E-state index is 13.3. The Morgan fingerprint density at radius 1 is 1.13 bits per heavy atom. The predicted octanol–water partition coefficient (Wildman–Crippen LogP) is 5.07. The van der Waals surface area contributed by atoms with Crippen LogP contribution in [-0.2, 0) is 0 Å². The Balaban J connectivity index is 1.38. The zero-order valence-corrected chi connectivity index (χ0v) is 21.9. The molecule has 4 rings (SSSR count). The molecular formula is C30H34N6O2. The van der Waals surface area contributed by atoms with Crippen molar-refractivity contribution in [1.29, 1.82) is 5.26 Å². The SMILES string of the molecule is C=C/C=C(\C=C/CC#N)C1CCN(C(=O)c2cnc(C)c(NC(=O)c3ccc(N4CCCC4)nc3)c2)CC1. The molecule has 0 radical (unpaired) electrons. The average Bonchev–Trinajstić information content (AvgIpc) is 3.49. The van der Waals surface area contributed by atoms with Crippen LogP contribution in [0.15, 0.2) is 67.0 Å². The molecular weight excluding hydrogens is 476 g/mol. The summed E-state index contributed by atoms with van der Waals surface area (Å²) in [5.74, 6) is 0.811. The van der Waals surface area contributed by atoms with Gasteiger partial charge < -0.3 is 15.1 Å². The van der Waals surface area contributed by atoms with Gasteiger partial charge >= 0.3 is 0 Å². The third-order valence-corrected chi connectivity index (χ3v) is 7.11. The van der Waals surface area contributed by atoms with Crippen molar-refractivity contribution in [3.8, 4) is 6.07 Å². The first-order valence-corrected chi connectivity index (χ1v) is 13.1. The van der Waals surface area contributed by atoms with Crippen LogP contribution in [0.1, 0.15) is 58.5 Å². The van der Waals surface area contributed by atoms with Gasteiger partial charge in [-0.25, -0.2) is 4.98 Å². The van der Waals surface area contributed by atoms with E-state index in [1.807, 2.05) is 29.2 Å². The highest BCUT2D eigenvalue weighted by Gasteiger charge is 2.26. The third-order valence-electron chi connectivity index (χ3n) is 7.11. The summed E-state index contributed by atoms with van der Waals surface area (Å²) >= 11 is 0. The molecule has 0 aliphatic carbocycles. The lowest BCUT2D eigenvalue weighted by Crippen LogP contribution is -2.38. The van der Waals surface area contributed by atoms with E-state index < -0.39 is 0 Å². The molecule has 2 fully saturated rings. The Hall–Kier alpha value is -4.25. The number of pyridine rings is 2. The fraction of sp³-hybridized carbons (Fsp3) is 0.367. The summed E-state index contributed by atoms with van der Waals surface area (Å²) in [6, 6.07) is 7.48. The zero-order chi connectivity index (χ0) is 26.9. The van der Waals surface area contributed by atoms with Crippen LogP contribution in [0.5, 0.6) is 0 Å². The quantitative estimate of drug-likeness (QED) is 0.498. The maximum Gasteiger partial charge on any atom is 0.257 e. The van der Waals surface area contributed by atoms with Crippen molar-refractivity contribution < 1.29 is 9.59 Å². The molecule has 196 valence electrons. The normalized spacial score (nSPS) is 16.5. The first kappa shape index (κ1) is 26.8. The molecule has 0 spiro atoms. The fourth-order valence-corrected chi connectivity index (χ4v) is 4.93. The molecule has 0 atom stereocenters. The van der Waals surface area contributed by atoms with Crippen LogP contribution in [0.3, 0.4) is 0 Å². The summed E-state index contributed by atoms with van der Waals surface area (Å²) < 4.78 is 0. The molecule has 1 N–H and O–H groups in total. The predicted molar refractivity (Wildman–Crippen MR) is 149 cm³/mol. The van der Waals surface area contributed by atoms with E-state index in [1.54, 1.807) is 37.5 Å². The average molecular weight is 511 g/mol. The van der Waals surface area contributed by atoms with Gasteiger partial charge in [0.15, 0.2) is 0 Å². The van der Waals surface area contributed by atoms with Crippen molar-refractivity contribution in [3.63, 3.8) is 0 Å². The van der Waals surface area contributed by atoms with Crippen LogP contribution in [0.25, 0.3) is 0 Å². The number of nitrogens with one attached hydrogen (secondary N) is 1. The highest BCUT2D eigenvalue weighted by atomic mass is 16.2. The number of carbonyl (C=O) groups is 2. The van der Waals surface area contributed by atoms with Crippen molar-refractivity contribution in [1.82, 2.24) is 14.9 Å². The van der Waals surface area contributed by atoms with Gasteiger partial charge in [0.1, 0.15) is 5.82 Å². The van der Waals surface area contributed by atoms with Gasteiger partial charge in [0.25, 0.3) is 11.8 Å². The number of rotatable bonds is 8. The molecule has 0 bridgehead atoms. The number of amides is 2. The molecule has 2 aromatic rings. The van der Waals surface area contributed by atoms with Crippen LogP contribution in [-0.4, -0.2) is 52.9 Å². The summed E-state index contributed by atoms with van der Waals surface area (Å²) in [4.78, 5) is 39.1. The Morgan fingerprint density at radius 3 is 2.53 bits per heavy atom. The Morgan fingerprint density at radius 2 is 1.87 bits per heavy atom. The van der Waals surface area contributed by atoms with Gasteiger partial charge in [-0.05, 0) is 62.3 Å². The number of allylic oxidation sites excluding steroid dienone is 5. The molecule has 0 saturated carbocycles. The number of anilines is 2. The van der Waals surface area contributed by atoms with Crippen LogP contribution in [0, 0.1) is 24.2 Å². The molecule has 2 saturated heterocycles. The van der Waals surface area contributed by atoms with Gasteiger partial charge in [0.05, 0.1) is 35.0 Å². The van der Waals surface area contributed by atoms with Crippen molar-refractivity contribution in [2.75, 3.05) is 36.4 Å². The second-order valence-electron chi connectivity index (χ2n) is 9.64. The minimum Gasteiger partial charge on any atom is -0.357 e. The molecule has 0 aromatic carbocycles. The molecule has 38 heavy (non-hydrogen) atoms.